The average Bonchev–Trinajstić information content (AvgIpc) is 2.38. The molecule has 0 saturated carbocycles. The van der Waals surface area contributed by atoms with Crippen LogP contribution < -0.4 is 5.32 Å². The highest BCUT2D eigenvalue weighted by Gasteiger charge is 2.27. The number of piperidine rings is 1. The molecule has 1 fully saturated rings. The molecule has 1 aliphatic heterocycles. The maximum Gasteiger partial charge on any atom is 0.306 e. The number of esters is 1. The van der Waals surface area contributed by atoms with Crippen molar-refractivity contribution in [2.24, 2.45) is 0 Å². The normalized spacial score (nSPS) is 17.6. The predicted molar refractivity (Wildman–Crippen MR) is 70.2 cm³/mol. The molecule has 1 rings (SSSR count). The van der Waals surface area contributed by atoms with Crippen molar-refractivity contribution in [3.05, 3.63) is 0 Å². The summed E-state index contributed by atoms with van der Waals surface area (Å²) in [4.78, 5) is 11.3. The van der Waals surface area contributed by atoms with Crippen LogP contribution in [0.3, 0.4) is 0 Å². The van der Waals surface area contributed by atoms with Crippen LogP contribution in [0, 0.1) is 0 Å². The fourth-order valence-corrected chi connectivity index (χ4v) is 3.69. The van der Waals surface area contributed by atoms with Gasteiger partial charge in [-0.15, -0.1) is 0 Å². The summed E-state index contributed by atoms with van der Waals surface area (Å²) in [5.41, 5.74) is 0. The van der Waals surface area contributed by atoms with Gasteiger partial charge in [-0.05, 0) is 32.4 Å². The highest BCUT2D eigenvalue weighted by Crippen LogP contribution is 2.15. The van der Waals surface area contributed by atoms with Gasteiger partial charge in [0, 0.05) is 0 Å². The molecular formula is C12H23NO4S. The van der Waals surface area contributed by atoms with Gasteiger partial charge in [0.15, 0.2) is 9.84 Å². The molecule has 5 nitrogen and oxygen atoms in total. The van der Waals surface area contributed by atoms with Gasteiger partial charge in [-0.3, -0.25) is 4.79 Å². The monoisotopic (exact) mass is 277 g/mol. The minimum Gasteiger partial charge on any atom is -0.466 e. The molecule has 0 spiro atoms. The van der Waals surface area contributed by atoms with Crippen LogP contribution in [0.15, 0.2) is 0 Å². The van der Waals surface area contributed by atoms with Gasteiger partial charge in [0.05, 0.1) is 24.0 Å². The summed E-state index contributed by atoms with van der Waals surface area (Å²) in [6, 6.07) is 0. The van der Waals surface area contributed by atoms with E-state index in [1.165, 1.54) is 0 Å². The van der Waals surface area contributed by atoms with E-state index in [2.05, 4.69) is 5.32 Å². The van der Waals surface area contributed by atoms with Crippen LogP contribution in [0.1, 0.15) is 39.0 Å². The summed E-state index contributed by atoms with van der Waals surface area (Å²) in [6.45, 7) is 3.88. The molecule has 1 saturated heterocycles. The Balaban J connectivity index is 2.30. The molecule has 1 aliphatic rings. The molecule has 0 atom stereocenters. The van der Waals surface area contributed by atoms with Crippen molar-refractivity contribution in [2.75, 3.05) is 25.4 Å². The first kappa shape index (κ1) is 15.4. The van der Waals surface area contributed by atoms with Gasteiger partial charge in [0.25, 0.3) is 0 Å². The Labute approximate surface area is 109 Å². The molecule has 0 unspecified atom stereocenters. The molecule has 0 aromatic rings. The summed E-state index contributed by atoms with van der Waals surface area (Å²) in [7, 11) is -3.15. The van der Waals surface area contributed by atoms with E-state index in [1.54, 1.807) is 0 Å². The maximum atomic E-state index is 12.0. The minimum absolute atomic E-state index is 0.0179. The van der Waals surface area contributed by atoms with Crippen LogP contribution in [0.2, 0.25) is 0 Å². The first-order valence-corrected chi connectivity index (χ1v) is 8.35. The molecule has 0 aromatic carbocycles. The van der Waals surface area contributed by atoms with Gasteiger partial charge in [-0.25, -0.2) is 8.42 Å². The Morgan fingerprint density at radius 1 is 1.33 bits per heavy atom. The summed E-state index contributed by atoms with van der Waals surface area (Å²) >= 11 is 0. The van der Waals surface area contributed by atoms with Gasteiger partial charge in [-0.1, -0.05) is 13.3 Å². The van der Waals surface area contributed by atoms with Crippen molar-refractivity contribution in [1.29, 1.82) is 0 Å². The summed E-state index contributed by atoms with van der Waals surface area (Å²) in [5.74, 6) is -0.483. The van der Waals surface area contributed by atoms with Crippen LogP contribution in [-0.2, 0) is 19.4 Å². The van der Waals surface area contributed by atoms with Crippen molar-refractivity contribution >= 4 is 15.8 Å². The zero-order valence-electron chi connectivity index (χ0n) is 11.0. The summed E-state index contributed by atoms with van der Waals surface area (Å²) < 4.78 is 28.9. The lowest BCUT2D eigenvalue weighted by Gasteiger charge is -2.22. The number of hydrogen-bond donors (Lipinski definition) is 1. The Morgan fingerprint density at radius 2 is 2.00 bits per heavy atom. The standard InChI is InChI=1S/C12H23NO4S/c1-2-3-9-17-12(14)6-10-18(15,16)11-4-7-13-8-5-11/h11,13H,2-10H2,1H3. The number of nitrogens with one attached hydrogen (secondary N) is 1. The molecule has 0 radical (unpaired) electrons. The van der Waals surface area contributed by atoms with E-state index in [0.717, 1.165) is 25.9 Å². The van der Waals surface area contributed by atoms with Gasteiger partial charge >= 0.3 is 5.97 Å². The summed E-state index contributed by atoms with van der Waals surface area (Å²) in [5, 5.41) is 2.84. The van der Waals surface area contributed by atoms with Crippen LogP contribution in [0.4, 0.5) is 0 Å². The number of carbonyl (C=O) groups excluding carboxylic acids is 1. The second-order valence-corrected chi connectivity index (χ2v) is 7.04. The van der Waals surface area contributed by atoms with Crippen LogP contribution in [0.25, 0.3) is 0 Å². The molecule has 0 aromatic heterocycles. The first-order chi connectivity index (χ1) is 8.56. The van der Waals surface area contributed by atoms with E-state index < -0.39 is 15.8 Å². The number of carbonyl (C=O) groups is 1. The van der Waals surface area contributed by atoms with Crippen molar-refractivity contribution in [2.45, 2.75) is 44.3 Å². The fraction of sp³-hybridized carbons (Fsp3) is 0.917. The number of ether oxygens (including phenoxy) is 1. The lowest BCUT2D eigenvalue weighted by Crippen LogP contribution is -2.37. The van der Waals surface area contributed by atoms with Gasteiger partial charge in [0.2, 0.25) is 0 Å². The summed E-state index contributed by atoms with van der Waals surface area (Å²) in [6.07, 6.45) is 3.06. The number of sulfone groups is 1. The third kappa shape index (κ3) is 5.35. The van der Waals surface area contributed by atoms with E-state index in [9.17, 15) is 13.2 Å². The maximum absolute atomic E-state index is 12.0. The molecular weight excluding hydrogens is 254 g/mol. The highest BCUT2D eigenvalue weighted by atomic mass is 32.2. The molecule has 0 aliphatic carbocycles. The van der Waals surface area contributed by atoms with E-state index in [1.807, 2.05) is 6.92 Å². The lowest BCUT2D eigenvalue weighted by atomic mass is 10.2. The number of rotatable bonds is 7. The molecule has 6 heteroatoms. The second kappa shape index (κ2) is 7.74. The van der Waals surface area contributed by atoms with Crippen molar-refractivity contribution in [3.8, 4) is 0 Å². The van der Waals surface area contributed by atoms with Gasteiger partial charge in [-0.2, -0.15) is 0 Å². The Morgan fingerprint density at radius 3 is 2.61 bits per heavy atom. The van der Waals surface area contributed by atoms with Crippen LogP contribution in [-0.4, -0.2) is 45.1 Å². The quantitative estimate of drug-likeness (QED) is 0.552. The largest absolute Gasteiger partial charge is 0.466 e. The van der Waals surface area contributed by atoms with E-state index in [-0.39, 0.29) is 17.4 Å². The molecule has 18 heavy (non-hydrogen) atoms. The highest BCUT2D eigenvalue weighted by molar-refractivity contribution is 7.92. The third-order valence-corrected chi connectivity index (χ3v) is 5.41. The van der Waals surface area contributed by atoms with Gasteiger partial charge in [0.1, 0.15) is 0 Å². The van der Waals surface area contributed by atoms with Gasteiger partial charge < -0.3 is 10.1 Å². The van der Waals surface area contributed by atoms with Crippen LogP contribution >= 0.6 is 0 Å². The number of unbranched alkanes of at least 4 members (excludes halogenated alkanes) is 1. The molecule has 106 valence electrons. The topological polar surface area (TPSA) is 72.5 Å². The van der Waals surface area contributed by atoms with E-state index >= 15 is 0 Å². The average molecular weight is 277 g/mol. The third-order valence-electron chi connectivity index (χ3n) is 3.15. The van der Waals surface area contributed by atoms with Crippen LogP contribution in [0.5, 0.6) is 0 Å². The fourth-order valence-electron chi connectivity index (χ4n) is 1.95. The first-order valence-electron chi connectivity index (χ1n) is 6.64. The predicted octanol–water partition coefficient (Wildman–Crippen LogP) is 0.887. The zero-order valence-corrected chi connectivity index (χ0v) is 11.8. The smallest absolute Gasteiger partial charge is 0.306 e. The van der Waals surface area contributed by atoms with E-state index in [0.29, 0.717) is 19.4 Å². The lowest BCUT2D eigenvalue weighted by molar-refractivity contribution is -0.143. The number of hydrogen-bond acceptors (Lipinski definition) is 5. The van der Waals surface area contributed by atoms with Crippen molar-refractivity contribution in [3.63, 3.8) is 0 Å². The Kier molecular flexibility index (Phi) is 6.63. The SMILES string of the molecule is CCCCOC(=O)CCS(=O)(=O)C1CCNCC1. The Hall–Kier alpha value is -0.620. The minimum atomic E-state index is -3.15. The zero-order chi connectivity index (χ0) is 13.4. The molecule has 1 heterocycles. The second-order valence-electron chi connectivity index (χ2n) is 4.64. The van der Waals surface area contributed by atoms with Crippen molar-refractivity contribution < 1.29 is 17.9 Å². The Bertz CT molecular complexity index is 347. The molecule has 1 N–H and O–H groups in total. The van der Waals surface area contributed by atoms with Crippen molar-refractivity contribution in [1.82, 2.24) is 5.32 Å². The molecule has 0 bridgehead atoms. The molecule has 0 amide bonds. The van der Waals surface area contributed by atoms with E-state index in [4.69, 9.17) is 4.74 Å².